The second-order valence-electron chi connectivity index (χ2n) is 9.00. The monoisotopic (exact) mass is 381 g/mol. The van der Waals surface area contributed by atoms with Crippen LogP contribution in [0, 0.1) is 5.92 Å². The molecule has 0 unspecified atom stereocenters. The first-order valence-corrected chi connectivity index (χ1v) is 11.0. The molecule has 5 rings (SSSR count). The number of likely N-dealkylation sites (tertiary alicyclic amines) is 1. The number of aromatic nitrogens is 4. The SMILES string of the molecule is Cn1nc2c(c1CN1CCC(Cn3cnc(C4CC4)cc3=O)CC1)CCCC2. The molecule has 6 nitrogen and oxygen atoms in total. The van der Waals surface area contributed by atoms with Gasteiger partial charge < -0.3 is 0 Å². The molecule has 0 spiro atoms. The Morgan fingerprint density at radius 1 is 1.11 bits per heavy atom. The van der Waals surface area contributed by atoms with Crippen molar-refractivity contribution in [3.8, 4) is 0 Å². The van der Waals surface area contributed by atoms with E-state index in [9.17, 15) is 4.79 Å². The van der Waals surface area contributed by atoms with Gasteiger partial charge >= 0.3 is 0 Å². The van der Waals surface area contributed by atoms with Crippen LogP contribution in [0.5, 0.6) is 0 Å². The predicted octanol–water partition coefficient (Wildman–Crippen LogP) is 2.65. The standard InChI is InChI=1S/C22H31N5O/c1-25-21(18-4-2-3-5-19(18)24-25)14-26-10-8-16(9-11-26)13-27-15-23-20(12-22(27)28)17-6-7-17/h12,15-17H,2-11,13-14H2,1H3. The van der Waals surface area contributed by atoms with E-state index >= 15 is 0 Å². The Labute approximate surface area is 166 Å². The molecular weight excluding hydrogens is 350 g/mol. The molecule has 2 aromatic rings. The topological polar surface area (TPSA) is 56.0 Å². The van der Waals surface area contributed by atoms with Crippen LogP contribution < -0.4 is 5.56 Å². The van der Waals surface area contributed by atoms with Crippen LogP contribution in [-0.2, 0) is 33.0 Å². The number of fused-ring (bicyclic) bond motifs is 1. The van der Waals surface area contributed by atoms with Crippen LogP contribution in [-0.4, -0.2) is 37.3 Å². The summed E-state index contributed by atoms with van der Waals surface area (Å²) >= 11 is 0. The molecule has 1 aliphatic heterocycles. The normalized spacial score (nSPS) is 21.0. The van der Waals surface area contributed by atoms with Crippen molar-refractivity contribution >= 4 is 0 Å². The molecule has 0 amide bonds. The van der Waals surface area contributed by atoms with Crippen LogP contribution in [0.4, 0.5) is 0 Å². The van der Waals surface area contributed by atoms with E-state index in [-0.39, 0.29) is 5.56 Å². The number of hydrogen-bond acceptors (Lipinski definition) is 4. The van der Waals surface area contributed by atoms with E-state index in [0.717, 1.165) is 51.1 Å². The smallest absolute Gasteiger partial charge is 0.253 e. The van der Waals surface area contributed by atoms with Crippen LogP contribution in [0.1, 0.15) is 67.1 Å². The fraction of sp³-hybridized carbons (Fsp3) is 0.682. The van der Waals surface area contributed by atoms with Gasteiger partial charge in [-0.3, -0.25) is 18.9 Å². The Morgan fingerprint density at radius 3 is 2.64 bits per heavy atom. The first kappa shape index (κ1) is 18.1. The summed E-state index contributed by atoms with van der Waals surface area (Å²) in [6.07, 6.45) is 11.4. The van der Waals surface area contributed by atoms with Gasteiger partial charge in [0.25, 0.3) is 5.56 Å². The predicted molar refractivity (Wildman–Crippen MR) is 108 cm³/mol. The fourth-order valence-electron chi connectivity index (χ4n) is 4.94. The summed E-state index contributed by atoms with van der Waals surface area (Å²) in [5.41, 5.74) is 5.39. The lowest BCUT2D eigenvalue weighted by Gasteiger charge is -2.32. The minimum atomic E-state index is 0.126. The van der Waals surface area contributed by atoms with Crippen molar-refractivity contribution < 1.29 is 0 Å². The van der Waals surface area contributed by atoms with Gasteiger partial charge in [-0.15, -0.1) is 0 Å². The quantitative estimate of drug-likeness (QED) is 0.799. The van der Waals surface area contributed by atoms with E-state index in [1.165, 1.54) is 49.1 Å². The molecular formula is C22H31N5O. The molecule has 0 N–H and O–H groups in total. The summed E-state index contributed by atoms with van der Waals surface area (Å²) < 4.78 is 3.94. The Morgan fingerprint density at radius 2 is 1.89 bits per heavy atom. The third-order valence-electron chi connectivity index (χ3n) is 6.88. The first-order chi connectivity index (χ1) is 13.7. The maximum atomic E-state index is 12.4. The Bertz CT molecular complexity index is 902. The molecule has 0 bridgehead atoms. The molecule has 1 saturated carbocycles. The minimum absolute atomic E-state index is 0.126. The lowest BCUT2D eigenvalue weighted by atomic mass is 9.94. The van der Waals surface area contributed by atoms with Gasteiger partial charge in [0.2, 0.25) is 0 Å². The third kappa shape index (κ3) is 3.66. The molecule has 2 aliphatic carbocycles. The van der Waals surface area contributed by atoms with Crippen molar-refractivity contribution in [1.29, 1.82) is 0 Å². The average molecular weight is 382 g/mol. The molecule has 150 valence electrons. The van der Waals surface area contributed by atoms with E-state index in [4.69, 9.17) is 5.10 Å². The molecule has 2 aromatic heterocycles. The van der Waals surface area contributed by atoms with Gasteiger partial charge in [-0.05, 0) is 75.9 Å². The first-order valence-electron chi connectivity index (χ1n) is 11.0. The van der Waals surface area contributed by atoms with Gasteiger partial charge in [-0.25, -0.2) is 4.98 Å². The molecule has 0 atom stereocenters. The van der Waals surface area contributed by atoms with Gasteiger partial charge in [0.15, 0.2) is 0 Å². The molecule has 1 saturated heterocycles. The van der Waals surface area contributed by atoms with Crippen LogP contribution >= 0.6 is 0 Å². The molecule has 6 heteroatoms. The van der Waals surface area contributed by atoms with E-state index in [1.807, 2.05) is 4.57 Å². The van der Waals surface area contributed by atoms with Crippen LogP contribution in [0.25, 0.3) is 0 Å². The second-order valence-corrected chi connectivity index (χ2v) is 9.00. The third-order valence-corrected chi connectivity index (χ3v) is 6.88. The number of nitrogens with zero attached hydrogens (tertiary/aromatic N) is 5. The van der Waals surface area contributed by atoms with Gasteiger partial charge in [0.05, 0.1) is 23.4 Å². The summed E-state index contributed by atoms with van der Waals surface area (Å²) in [5, 5.41) is 4.77. The van der Waals surface area contributed by atoms with Crippen molar-refractivity contribution in [3.63, 3.8) is 0 Å². The summed E-state index contributed by atoms with van der Waals surface area (Å²) in [7, 11) is 2.10. The summed E-state index contributed by atoms with van der Waals surface area (Å²) in [4.78, 5) is 19.5. The van der Waals surface area contributed by atoms with E-state index in [1.54, 1.807) is 12.4 Å². The lowest BCUT2D eigenvalue weighted by Crippen LogP contribution is -2.36. The molecule has 3 heterocycles. The van der Waals surface area contributed by atoms with E-state index < -0.39 is 0 Å². The molecule has 3 aliphatic rings. The van der Waals surface area contributed by atoms with Crippen molar-refractivity contribution in [2.24, 2.45) is 13.0 Å². The van der Waals surface area contributed by atoms with Gasteiger partial charge in [0, 0.05) is 32.1 Å². The van der Waals surface area contributed by atoms with Crippen LogP contribution in [0.15, 0.2) is 17.2 Å². The molecule has 0 aromatic carbocycles. The summed E-state index contributed by atoms with van der Waals surface area (Å²) in [5.74, 6) is 1.12. The zero-order chi connectivity index (χ0) is 19.1. The summed E-state index contributed by atoms with van der Waals surface area (Å²) in [6, 6.07) is 1.76. The van der Waals surface area contributed by atoms with Gasteiger partial charge in [-0.1, -0.05) is 0 Å². The second kappa shape index (κ2) is 7.47. The minimum Gasteiger partial charge on any atom is -0.299 e. The highest BCUT2D eigenvalue weighted by molar-refractivity contribution is 5.28. The number of hydrogen-bond donors (Lipinski definition) is 0. The van der Waals surface area contributed by atoms with Crippen molar-refractivity contribution in [2.75, 3.05) is 13.1 Å². The highest BCUT2D eigenvalue weighted by Gasteiger charge is 2.27. The molecule has 0 radical (unpaired) electrons. The van der Waals surface area contributed by atoms with Gasteiger partial charge in [-0.2, -0.15) is 5.10 Å². The largest absolute Gasteiger partial charge is 0.299 e. The number of rotatable bonds is 5. The Kier molecular flexibility index (Phi) is 4.83. The summed E-state index contributed by atoms with van der Waals surface area (Å²) in [6.45, 7) is 4.04. The molecule has 2 fully saturated rings. The zero-order valence-electron chi connectivity index (χ0n) is 16.9. The highest BCUT2D eigenvalue weighted by Crippen LogP contribution is 2.38. The van der Waals surface area contributed by atoms with Crippen molar-refractivity contribution in [2.45, 2.75) is 70.4 Å². The Hall–Kier alpha value is -1.95. The highest BCUT2D eigenvalue weighted by atomic mass is 16.1. The Balaban J connectivity index is 1.18. The molecule has 28 heavy (non-hydrogen) atoms. The number of piperidine rings is 1. The van der Waals surface area contributed by atoms with E-state index in [0.29, 0.717) is 11.8 Å². The lowest BCUT2D eigenvalue weighted by molar-refractivity contribution is 0.162. The number of aryl methyl sites for hydroxylation is 2. The van der Waals surface area contributed by atoms with Crippen LogP contribution in [0.2, 0.25) is 0 Å². The van der Waals surface area contributed by atoms with Crippen molar-refractivity contribution in [3.05, 3.63) is 45.4 Å². The fourth-order valence-corrected chi connectivity index (χ4v) is 4.94. The van der Waals surface area contributed by atoms with E-state index in [2.05, 4.69) is 21.6 Å². The maximum absolute atomic E-state index is 12.4. The maximum Gasteiger partial charge on any atom is 0.253 e. The van der Waals surface area contributed by atoms with Crippen LogP contribution in [0.3, 0.4) is 0 Å². The van der Waals surface area contributed by atoms with Crippen molar-refractivity contribution in [1.82, 2.24) is 24.2 Å². The average Bonchev–Trinajstić information content (AvgIpc) is 3.50. The zero-order valence-corrected chi connectivity index (χ0v) is 16.9. The van der Waals surface area contributed by atoms with Gasteiger partial charge in [0.1, 0.15) is 0 Å².